The van der Waals surface area contributed by atoms with Crippen LogP contribution in [0, 0.1) is 10.1 Å². The molecule has 0 heterocycles. The average Bonchev–Trinajstić information content (AvgIpc) is 2.28. The van der Waals surface area contributed by atoms with Crippen LogP contribution in [0.1, 0.15) is 19.3 Å². The van der Waals surface area contributed by atoms with E-state index in [-0.39, 0.29) is 12.1 Å². The first-order chi connectivity index (χ1) is 8.09. The summed E-state index contributed by atoms with van der Waals surface area (Å²) < 4.78 is 5.28. The van der Waals surface area contributed by atoms with Crippen LogP contribution in [0.4, 0.5) is 5.69 Å². The maximum atomic E-state index is 10.5. The standard InChI is InChI=1S/C11H13NO5/c13-11(14)6-1-2-7-17-10-5-3-4-9(8-10)12(15)16/h3-5,8H,1-2,6-7H2,(H,13,14). The van der Waals surface area contributed by atoms with Gasteiger partial charge in [0.1, 0.15) is 5.75 Å². The topological polar surface area (TPSA) is 89.7 Å². The number of carboxylic acids is 1. The van der Waals surface area contributed by atoms with Gasteiger partial charge in [0.25, 0.3) is 5.69 Å². The highest BCUT2D eigenvalue weighted by atomic mass is 16.6. The van der Waals surface area contributed by atoms with Crippen molar-refractivity contribution < 1.29 is 19.6 Å². The van der Waals surface area contributed by atoms with Gasteiger partial charge in [-0.05, 0) is 18.9 Å². The highest BCUT2D eigenvalue weighted by Crippen LogP contribution is 2.19. The van der Waals surface area contributed by atoms with Crippen molar-refractivity contribution in [2.75, 3.05) is 6.61 Å². The number of benzene rings is 1. The number of hydrogen-bond acceptors (Lipinski definition) is 4. The van der Waals surface area contributed by atoms with Crippen molar-refractivity contribution in [2.24, 2.45) is 0 Å². The summed E-state index contributed by atoms with van der Waals surface area (Å²) in [5, 5.41) is 18.9. The Morgan fingerprint density at radius 3 is 2.82 bits per heavy atom. The summed E-state index contributed by atoms with van der Waals surface area (Å²) in [6, 6.07) is 5.91. The first-order valence-corrected chi connectivity index (χ1v) is 5.18. The third kappa shape index (κ3) is 4.96. The summed E-state index contributed by atoms with van der Waals surface area (Å²) in [6.07, 6.45) is 1.25. The molecule has 6 nitrogen and oxygen atoms in total. The Hall–Kier alpha value is -2.11. The molecule has 0 aromatic heterocycles. The van der Waals surface area contributed by atoms with E-state index >= 15 is 0 Å². The minimum absolute atomic E-state index is 0.0203. The zero-order valence-electron chi connectivity index (χ0n) is 9.17. The molecule has 0 saturated carbocycles. The predicted octanol–water partition coefficient (Wildman–Crippen LogP) is 2.23. The molecule has 0 radical (unpaired) electrons. The van der Waals surface area contributed by atoms with Crippen molar-refractivity contribution in [1.82, 2.24) is 0 Å². The lowest BCUT2D eigenvalue weighted by atomic mass is 10.2. The molecule has 92 valence electrons. The summed E-state index contributed by atoms with van der Waals surface area (Å²) >= 11 is 0. The Labute approximate surface area is 98.0 Å². The fourth-order valence-corrected chi connectivity index (χ4v) is 1.26. The smallest absolute Gasteiger partial charge is 0.303 e. The van der Waals surface area contributed by atoms with Crippen LogP contribution in [0.2, 0.25) is 0 Å². The number of nitro benzene ring substituents is 1. The Morgan fingerprint density at radius 2 is 2.18 bits per heavy atom. The molecule has 6 heteroatoms. The Kier molecular flexibility index (Phi) is 4.93. The molecule has 0 aliphatic heterocycles. The molecule has 0 aliphatic rings. The van der Waals surface area contributed by atoms with Crippen molar-refractivity contribution in [2.45, 2.75) is 19.3 Å². The second kappa shape index (κ2) is 6.47. The van der Waals surface area contributed by atoms with Crippen LogP contribution >= 0.6 is 0 Å². The number of hydrogen-bond donors (Lipinski definition) is 1. The van der Waals surface area contributed by atoms with Gasteiger partial charge in [-0.25, -0.2) is 0 Å². The van der Waals surface area contributed by atoms with Crippen molar-refractivity contribution >= 4 is 11.7 Å². The molecule has 0 amide bonds. The maximum absolute atomic E-state index is 10.5. The second-order valence-electron chi connectivity index (χ2n) is 3.45. The predicted molar refractivity (Wildman–Crippen MR) is 60.1 cm³/mol. The van der Waals surface area contributed by atoms with Gasteiger partial charge in [-0.2, -0.15) is 0 Å². The molecule has 0 atom stereocenters. The first-order valence-electron chi connectivity index (χ1n) is 5.18. The molecule has 1 rings (SSSR count). The molecule has 0 unspecified atom stereocenters. The monoisotopic (exact) mass is 239 g/mol. The molecule has 17 heavy (non-hydrogen) atoms. The highest BCUT2D eigenvalue weighted by Gasteiger charge is 2.06. The van der Waals surface area contributed by atoms with Crippen molar-refractivity contribution in [3.63, 3.8) is 0 Å². The molecule has 0 aliphatic carbocycles. The van der Waals surface area contributed by atoms with E-state index in [0.29, 0.717) is 25.2 Å². The second-order valence-corrected chi connectivity index (χ2v) is 3.45. The van der Waals surface area contributed by atoms with Gasteiger partial charge in [0.2, 0.25) is 0 Å². The number of carbonyl (C=O) groups is 1. The SMILES string of the molecule is O=C(O)CCCCOc1cccc([N+](=O)[O-])c1. The molecular formula is C11H13NO5. The first kappa shape index (κ1) is 13.0. The van der Waals surface area contributed by atoms with Gasteiger partial charge >= 0.3 is 5.97 Å². The van der Waals surface area contributed by atoms with Crippen molar-refractivity contribution in [1.29, 1.82) is 0 Å². The maximum Gasteiger partial charge on any atom is 0.303 e. The molecule has 0 saturated heterocycles. The van der Waals surface area contributed by atoms with E-state index < -0.39 is 10.9 Å². The van der Waals surface area contributed by atoms with Crippen LogP contribution < -0.4 is 4.74 Å². The molecular weight excluding hydrogens is 226 g/mol. The quantitative estimate of drug-likeness (QED) is 0.447. The van der Waals surface area contributed by atoms with E-state index in [9.17, 15) is 14.9 Å². The number of carboxylic acid groups (broad SMARTS) is 1. The lowest BCUT2D eigenvalue weighted by molar-refractivity contribution is -0.384. The van der Waals surface area contributed by atoms with Crippen LogP contribution in [0.15, 0.2) is 24.3 Å². The van der Waals surface area contributed by atoms with Gasteiger partial charge in [-0.15, -0.1) is 0 Å². The normalized spacial score (nSPS) is 9.88. The summed E-state index contributed by atoms with van der Waals surface area (Å²) in [5.74, 6) is -0.408. The highest BCUT2D eigenvalue weighted by molar-refractivity contribution is 5.66. The molecule has 1 N–H and O–H groups in total. The molecule has 0 spiro atoms. The van der Waals surface area contributed by atoms with Gasteiger partial charge in [0.15, 0.2) is 0 Å². The number of non-ortho nitro benzene ring substituents is 1. The number of unbranched alkanes of at least 4 members (excludes halogenated alkanes) is 1. The van der Waals surface area contributed by atoms with Crippen LogP contribution in [0.25, 0.3) is 0 Å². The van der Waals surface area contributed by atoms with Crippen LogP contribution in [0.3, 0.4) is 0 Å². The van der Waals surface area contributed by atoms with Crippen molar-refractivity contribution in [3.8, 4) is 5.75 Å². The molecule has 0 bridgehead atoms. The molecule has 0 fully saturated rings. The average molecular weight is 239 g/mol. The lowest BCUT2D eigenvalue weighted by Crippen LogP contribution is -2.00. The van der Waals surface area contributed by atoms with Crippen molar-refractivity contribution in [3.05, 3.63) is 34.4 Å². The summed E-state index contributed by atoms with van der Waals surface area (Å²) in [7, 11) is 0. The summed E-state index contributed by atoms with van der Waals surface area (Å²) in [6.45, 7) is 0.356. The van der Waals surface area contributed by atoms with E-state index in [1.54, 1.807) is 12.1 Å². The fraction of sp³-hybridized carbons (Fsp3) is 0.364. The summed E-state index contributed by atoms with van der Waals surface area (Å²) in [5.41, 5.74) is -0.0203. The van der Waals surface area contributed by atoms with E-state index in [4.69, 9.17) is 9.84 Å². The fourth-order valence-electron chi connectivity index (χ4n) is 1.26. The molecule has 1 aromatic rings. The van der Waals surface area contributed by atoms with E-state index in [2.05, 4.69) is 0 Å². The van der Waals surface area contributed by atoms with E-state index in [1.807, 2.05) is 0 Å². The minimum Gasteiger partial charge on any atom is -0.493 e. The third-order valence-corrected chi connectivity index (χ3v) is 2.08. The van der Waals surface area contributed by atoms with Crippen LogP contribution in [0.5, 0.6) is 5.75 Å². The van der Waals surface area contributed by atoms with Gasteiger partial charge in [0.05, 0.1) is 17.6 Å². The number of ether oxygens (including phenoxy) is 1. The van der Waals surface area contributed by atoms with E-state index in [0.717, 1.165) is 0 Å². The zero-order valence-corrected chi connectivity index (χ0v) is 9.17. The Bertz CT molecular complexity index is 405. The van der Waals surface area contributed by atoms with E-state index in [1.165, 1.54) is 12.1 Å². The van der Waals surface area contributed by atoms with Crippen LogP contribution in [-0.2, 0) is 4.79 Å². The van der Waals surface area contributed by atoms with Gasteiger partial charge < -0.3 is 9.84 Å². The summed E-state index contributed by atoms with van der Waals surface area (Å²) in [4.78, 5) is 20.2. The Balaban J connectivity index is 2.34. The number of rotatable bonds is 7. The van der Waals surface area contributed by atoms with Gasteiger partial charge in [-0.3, -0.25) is 14.9 Å². The third-order valence-electron chi connectivity index (χ3n) is 2.08. The molecule has 1 aromatic carbocycles. The Morgan fingerprint density at radius 1 is 1.41 bits per heavy atom. The van der Waals surface area contributed by atoms with Gasteiger partial charge in [0, 0.05) is 12.5 Å². The number of nitro groups is 1. The van der Waals surface area contributed by atoms with Gasteiger partial charge in [-0.1, -0.05) is 6.07 Å². The van der Waals surface area contributed by atoms with Crippen LogP contribution in [-0.4, -0.2) is 22.6 Å². The number of nitrogens with zero attached hydrogens (tertiary/aromatic N) is 1. The lowest BCUT2D eigenvalue weighted by Gasteiger charge is -2.04. The largest absolute Gasteiger partial charge is 0.493 e. The number of aliphatic carboxylic acids is 1. The zero-order chi connectivity index (χ0) is 12.7. The minimum atomic E-state index is -0.833.